The van der Waals surface area contributed by atoms with Crippen LogP contribution in [0.25, 0.3) is 10.9 Å². The number of aliphatic hydroxyl groups excluding tert-OH is 1. The number of carbonyl (C=O) groups excluding carboxylic acids is 1. The second-order valence-corrected chi connectivity index (χ2v) is 3.55. The lowest BCUT2D eigenvalue weighted by Crippen LogP contribution is -2.30. The molecule has 0 fully saturated rings. The molecule has 0 aliphatic heterocycles. The van der Waals surface area contributed by atoms with Gasteiger partial charge in [-0.2, -0.15) is 5.10 Å². The van der Waals surface area contributed by atoms with Gasteiger partial charge in [0.1, 0.15) is 0 Å². The molecule has 2 aromatic heterocycles. The maximum absolute atomic E-state index is 11.7. The van der Waals surface area contributed by atoms with E-state index in [1.165, 1.54) is 0 Å². The summed E-state index contributed by atoms with van der Waals surface area (Å²) >= 11 is 0. The fourth-order valence-corrected chi connectivity index (χ4v) is 1.35. The van der Waals surface area contributed by atoms with Crippen LogP contribution >= 0.6 is 0 Å². The number of nitrogens with one attached hydrogen (secondary N) is 2. The minimum Gasteiger partial charge on any atom is -0.392 e. The summed E-state index contributed by atoms with van der Waals surface area (Å²) in [5.41, 5.74) is 1.06. The summed E-state index contributed by atoms with van der Waals surface area (Å²) in [5, 5.41) is 19.0. The zero-order valence-corrected chi connectivity index (χ0v) is 8.77. The molecule has 0 bridgehead atoms. The van der Waals surface area contributed by atoms with E-state index < -0.39 is 6.10 Å². The molecular formula is C10H12N4O2. The lowest BCUT2D eigenvalue weighted by molar-refractivity contribution is 0.0920. The van der Waals surface area contributed by atoms with E-state index in [0.717, 1.165) is 5.52 Å². The van der Waals surface area contributed by atoms with Gasteiger partial charge in [-0.3, -0.25) is 14.9 Å². The number of rotatable bonds is 3. The Morgan fingerprint density at radius 1 is 1.69 bits per heavy atom. The van der Waals surface area contributed by atoms with Crippen molar-refractivity contribution in [3.05, 3.63) is 24.2 Å². The van der Waals surface area contributed by atoms with Crippen LogP contribution in [0.5, 0.6) is 0 Å². The van der Waals surface area contributed by atoms with Crippen LogP contribution in [0, 0.1) is 0 Å². The molecular weight excluding hydrogens is 208 g/mol. The highest BCUT2D eigenvalue weighted by Crippen LogP contribution is 2.13. The first kappa shape index (κ1) is 10.6. The Morgan fingerprint density at radius 2 is 2.50 bits per heavy atom. The maximum Gasteiger partial charge on any atom is 0.272 e. The molecule has 0 spiro atoms. The third kappa shape index (κ3) is 2.01. The number of carbonyl (C=O) groups is 1. The van der Waals surface area contributed by atoms with Gasteiger partial charge in [0.25, 0.3) is 5.91 Å². The van der Waals surface area contributed by atoms with Gasteiger partial charge in [-0.25, -0.2) is 0 Å². The van der Waals surface area contributed by atoms with Crippen LogP contribution in [0.3, 0.4) is 0 Å². The largest absolute Gasteiger partial charge is 0.392 e. The van der Waals surface area contributed by atoms with Crippen molar-refractivity contribution in [1.82, 2.24) is 20.5 Å². The van der Waals surface area contributed by atoms with Gasteiger partial charge in [-0.15, -0.1) is 0 Å². The Balaban J connectivity index is 2.23. The summed E-state index contributed by atoms with van der Waals surface area (Å²) in [6.07, 6.45) is 2.63. The summed E-state index contributed by atoms with van der Waals surface area (Å²) < 4.78 is 0. The molecule has 2 rings (SSSR count). The molecule has 0 saturated heterocycles. The van der Waals surface area contributed by atoms with Gasteiger partial charge in [-0.1, -0.05) is 0 Å². The van der Waals surface area contributed by atoms with Crippen LogP contribution in [-0.2, 0) is 0 Å². The third-order valence-electron chi connectivity index (χ3n) is 2.14. The summed E-state index contributed by atoms with van der Waals surface area (Å²) in [7, 11) is 0. The first-order valence-corrected chi connectivity index (χ1v) is 4.93. The molecule has 2 heterocycles. The molecule has 0 radical (unpaired) electrons. The topological polar surface area (TPSA) is 90.9 Å². The number of aromatic nitrogens is 3. The average Bonchev–Trinajstić information content (AvgIpc) is 2.69. The molecule has 1 amide bonds. The van der Waals surface area contributed by atoms with Crippen molar-refractivity contribution in [1.29, 1.82) is 0 Å². The second kappa shape index (κ2) is 4.28. The third-order valence-corrected chi connectivity index (χ3v) is 2.14. The molecule has 2 aromatic rings. The van der Waals surface area contributed by atoms with Gasteiger partial charge in [-0.05, 0) is 13.0 Å². The minimum absolute atomic E-state index is 0.202. The van der Waals surface area contributed by atoms with E-state index >= 15 is 0 Å². The van der Waals surface area contributed by atoms with E-state index in [4.69, 9.17) is 5.11 Å². The number of aliphatic hydroxyl groups is 1. The van der Waals surface area contributed by atoms with Crippen molar-refractivity contribution in [3.63, 3.8) is 0 Å². The van der Waals surface area contributed by atoms with Crippen molar-refractivity contribution in [2.24, 2.45) is 0 Å². The SMILES string of the molecule is CC(O)CNC(=O)c1n[nH]c2ccncc12. The van der Waals surface area contributed by atoms with Crippen molar-refractivity contribution >= 4 is 16.8 Å². The standard InChI is InChI=1S/C10H12N4O2/c1-6(15)4-12-10(16)9-7-5-11-3-2-8(7)13-14-9/h2-3,5-6,15H,4H2,1H3,(H,12,16)(H,13,14). The zero-order chi connectivity index (χ0) is 11.5. The number of aromatic amines is 1. The Hall–Kier alpha value is -1.95. The molecule has 6 nitrogen and oxygen atoms in total. The smallest absolute Gasteiger partial charge is 0.272 e. The highest BCUT2D eigenvalue weighted by molar-refractivity contribution is 6.04. The Labute approximate surface area is 91.7 Å². The van der Waals surface area contributed by atoms with Crippen molar-refractivity contribution in [2.45, 2.75) is 13.0 Å². The molecule has 84 valence electrons. The normalized spacial score (nSPS) is 12.6. The molecule has 1 unspecified atom stereocenters. The van der Waals surface area contributed by atoms with Crippen LogP contribution in [0.2, 0.25) is 0 Å². The van der Waals surface area contributed by atoms with Crippen LogP contribution in [0.4, 0.5) is 0 Å². The van der Waals surface area contributed by atoms with E-state index in [0.29, 0.717) is 11.1 Å². The number of H-pyrrole nitrogens is 1. The van der Waals surface area contributed by atoms with E-state index in [1.807, 2.05) is 0 Å². The summed E-state index contributed by atoms with van der Waals surface area (Å²) in [6, 6.07) is 1.74. The van der Waals surface area contributed by atoms with Gasteiger partial charge in [0.15, 0.2) is 5.69 Å². The quantitative estimate of drug-likeness (QED) is 0.682. The lowest BCUT2D eigenvalue weighted by Gasteiger charge is -2.04. The number of hydrogen-bond donors (Lipinski definition) is 3. The summed E-state index contributed by atoms with van der Waals surface area (Å²) in [6.45, 7) is 1.80. The van der Waals surface area contributed by atoms with Gasteiger partial charge in [0.2, 0.25) is 0 Å². The molecule has 16 heavy (non-hydrogen) atoms. The molecule has 0 aromatic carbocycles. The number of pyridine rings is 1. The van der Waals surface area contributed by atoms with E-state index in [2.05, 4.69) is 20.5 Å². The maximum atomic E-state index is 11.7. The van der Waals surface area contributed by atoms with E-state index in [9.17, 15) is 4.79 Å². The van der Waals surface area contributed by atoms with Crippen LogP contribution in [0.15, 0.2) is 18.5 Å². The first-order valence-electron chi connectivity index (χ1n) is 4.93. The van der Waals surface area contributed by atoms with Crippen LogP contribution in [-0.4, -0.2) is 38.8 Å². The number of nitrogens with zero attached hydrogens (tertiary/aromatic N) is 2. The Bertz CT molecular complexity index is 506. The summed E-state index contributed by atoms with van der Waals surface area (Å²) in [4.78, 5) is 15.6. The van der Waals surface area contributed by atoms with E-state index in [1.54, 1.807) is 25.4 Å². The fourth-order valence-electron chi connectivity index (χ4n) is 1.35. The van der Waals surface area contributed by atoms with E-state index in [-0.39, 0.29) is 12.5 Å². The minimum atomic E-state index is -0.577. The van der Waals surface area contributed by atoms with Crippen molar-refractivity contribution in [2.75, 3.05) is 6.54 Å². The molecule has 3 N–H and O–H groups in total. The fraction of sp³-hybridized carbons (Fsp3) is 0.300. The molecule has 0 saturated carbocycles. The molecule has 0 aliphatic rings. The Morgan fingerprint density at radius 3 is 3.25 bits per heavy atom. The molecule has 1 atom stereocenters. The highest BCUT2D eigenvalue weighted by atomic mass is 16.3. The number of hydrogen-bond acceptors (Lipinski definition) is 4. The van der Waals surface area contributed by atoms with Gasteiger partial charge < -0.3 is 10.4 Å². The van der Waals surface area contributed by atoms with Gasteiger partial charge in [0, 0.05) is 18.9 Å². The zero-order valence-electron chi connectivity index (χ0n) is 8.77. The predicted octanol–water partition coefficient (Wildman–Crippen LogP) is 0.0685. The second-order valence-electron chi connectivity index (χ2n) is 3.55. The van der Waals surface area contributed by atoms with Gasteiger partial charge in [0.05, 0.1) is 17.0 Å². The monoisotopic (exact) mass is 220 g/mol. The average molecular weight is 220 g/mol. The summed E-state index contributed by atoms with van der Waals surface area (Å²) in [5.74, 6) is -0.319. The van der Waals surface area contributed by atoms with Crippen molar-refractivity contribution in [3.8, 4) is 0 Å². The van der Waals surface area contributed by atoms with Gasteiger partial charge >= 0.3 is 0 Å². The molecule has 6 heteroatoms. The highest BCUT2D eigenvalue weighted by Gasteiger charge is 2.13. The predicted molar refractivity (Wildman–Crippen MR) is 57.9 cm³/mol. The first-order chi connectivity index (χ1) is 7.68. The Kier molecular flexibility index (Phi) is 2.82. The van der Waals surface area contributed by atoms with Crippen LogP contribution in [0.1, 0.15) is 17.4 Å². The van der Waals surface area contributed by atoms with Crippen LogP contribution < -0.4 is 5.32 Å². The van der Waals surface area contributed by atoms with Crippen molar-refractivity contribution < 1.29 is 9.90 Å². The lowest BCUT2D eigenvalue weighted by atomic mass is 10.2. The number of amides is 1. The molecule has 0 aliphatic carbocycles. The number of fused-ring (bicyclic) bond motifs is 1.